The topological polar surface area (TPSA) is 123 Å². The lowest BCUT2D eigenvalue weighted by molar-refractivity contribution is -0.137. The van der Waals surface area contributed by atoms with Crippen LogP contribution in [0.2, 0.25) is 10.0 Å². The third-order valence-electron chi connectivity index (χ3n) is 4.70. The summed E-state index contributed by atoms with van der Waals surface area (Å²) in [6.45, 7) is 3.33. The Morgan fingerprint density at radius 3 is 2.41 bits per heavy atom. The summed E-state index contributed by atoms with van der Waals surface area (Å²) in [6, 6.07) is 9.55. The fourth-order valence-corrected chi connectivity index (χ4v) is 3.59. The molecule has 3 amide bonds. The number of carbonyl (C=O) groups is 3. The number of amides is 3. The molecule has 0 saturated heterocycles. The largest absolute Gasteiger partial charge is 0.496 e. The number of benzene rings is 2. The molecule has 0 aliphatic rings. The van der Waals surface area contributed by atoms with Crippen LogP contribution in [0.15, 0.2) is 53.4 Å². The highest BCUT2D eigenvalue weighted by molar-refractivity contribution is 6.40. The van der Waals surface area contributed by atoms with E-state index in [1.54, 1.807) is 50.2 Å². The zero-order valence-electron chi connectivity index (χ0n) is 18.6. The van der Waals surface area contributed by atoms with Gasteiger partial charge in [0.1, 0.15) is 5.75 Å². The van der Waals surface area contributed by atoms with Crippen molar-refractivity contribution in [3.05, 3.63) is 64.6 Å². The van der Waals surface area contributed by atoms with Gasteiger partial charge in [0, 0.05) is 18.3 Å². The average molecular weight is 505 g/mol. The maximum atomic E-state index is 12.5. The zero-order chi connectivity index (χ0) is 24.9. The van der Waals surface area contributed by atoms with Gasteiger partial charge in [-0.25, -0.2) is 4.98 Å². The van der Waals surface area contributed by atoms with Crippen LogP contribution >= 0.6 is 23.2 Å². The summed E-state index contributed by atoms with van der Waals surface area (Å²) in [5, 5.41) is 8.18. The highest BCUT2D eigenvalue weighted by Gasteiger charge is 2.26. The molecular formula is C23H22Cl2N4O5. The number of hydrogen-bond acceptors (Lipinski definition) is 6. The van der Waals surface area contributed by atoms with Crippen molar-refractivity contribution in [2.24, 2.45) is 0 Å². The monoisotopic (exact) mass is 504 g/mol. The van der Waals surface area contributed by atoms with Crippen LogP contribution in [-0.2, 0) is 9.59 Å². The number of hydrogen-bond donors (Lipinski definition) is 3. The van der Waals surface area contributed by atoms with Gasteiger partial charge in [0.15, 0.2) is 12.2 Å². The first kappa shape index (κ1) is 25.1. The molecule has 11 heteroatoms. The van der Waals surface area contributed by atoms with Gasteiger partial charge in [0.05, 0.1) is 40.0 Å². The van der Waals surface area contributed by atoms with E-state index in [-0.39, 0.29) is 22.2 Å². The van der Waals surface area contributed by atoms with Crippen LogP contribution in [0.25, 0.3) is 11.3 Å². The normalized spacial score (nSPS) is 11.0. The van der Waals surface area contributed by atoms with Crippen LogP contribution < -0.4 is 20.7 Å². The number of nitrogens with one attached hydrogen (secondary N) is 3. The first-order valence-electron chi connectivity index (χ1n) is 10.0. The molecule has 3 N–H and O–H groups in total. The van der Waals surface area contributed by atoms with E-state index < -0.39 is 23.3 Å². The second kappa shape index (κ2) is 10.6. The third kappa shape index (κ3) is 6.06. The Morgan fingerprint density at radius 1 is 1.09 bits per heavy atom. The minimum absolute atomic E-state index is 0.0199. The van der Waals surface area contributed by atoms with E-state index in [1.165, 1.54) is 19.7 Å². The average Bonchev–Trinajstić information content (AvgIpc) is 3.32. The van der Waals surface area contributed by atoms with Gasteiger partial charge in [0.2, 0.25) is 0 Å². The van der Waals surface area contributed by atoms with Crippen molar-refractivity contribution in [1.29, 1.82) is 0 Å². The van der Waals surface area contributed by atoms with Gasteiger partial charge in [-0.15, -0.1) is 0 Å². The maximum Gasteiger partial charge on any atom is 0.313 e. The number of anilines is 1. The van der Waals surface area contributed by atoms with Gasteiger partial charge in [0.25, 0.3) is 5.91 Å². The number of rotatable bonds is 7. The minimum atomic E-state index is -0.953. The molecule has 1 heterocycles. The number of carbonyl (C=O) groups excluding carboxylic acids is 3. The molecule has 0 unspecified atom stereocenters. The van der Waals surface area contributed by atoms with Gasteiger partial charge in [-0.1, -0.05) is 29.3 Å². The van der Waals surface area contributed by atoms with Crippen LogP contribution in [0.4, 0.5) is 5.69 Å². The van der Waals surface area contributed by atoms with Crippen molar-refractivity contribution in [3.63, 3.8) is 0 Å². The number of ether oxygens (including phenoxy) is 1. The summed E-state index contributed by atoms with van der Waals surface area (Å²) in [5.41, 5.74) is 0.164. The number of halogens is 2. The lowest BCUT2D eigenvalue weighted by atomic mass is 10.1. The van der Waals surface area contributed by atoms with Gasteiger partial charge in [-0.05, 0) is 38.1 Å². The van der Waals surface area contributed by atoms with E-state index in [2.05, 4.69) is 20.9 Å². The van der Waals surface area contributed by atoms with Crippen LogP contribution in [0.5, 0.6) is 5.75 Å². The highest BCUT2D eigenvalue weighted by atomic mass is 35.5. The van der Waals surface area contributed by atoms with Crippen molar-refractivity contribution in [1.82, 2.24) is 15.6 Å². The van der Waals surface area contributed by atoms with Crippen molar-refractivity contribution in [3.8, 4) is 17.1 Å². The first-order chi connectivity index (χ1) is 16.1. The Balaban J connectivity index is 1.60. The third-order valence-corrected chi connectivity index (χ3v) is 5.33. The first-order valence-corrected chi connectivity index (χ1v) is 10.8. The van der Waals surface area contributed by atoms with Gasteiger partial charge in [-0.2, -0.15) is 0 Å². The molecule has 3 aromatic rings. The van der Waals surface area contributed by atoms with E-state index in [1.807, 2.05) is 0 Å². The van der Waals surface area contributed by atoms with Crippen LogP contribution in [0.3, 0.4) is 0 Å². The van der Waals surface area contributed by atoms with Crippen molar-refractivity contribution in [2.75, 3.05) is 19.0 Å². The van der Waals surface area contributed by atoms with E-state index in [4.69, 9.17) is 32.4 Å². The molecule has 178 valence electrons. The predicted molar refractivity (Wildman–Crippen MR) is 128 cm³/mol. The molecule has 2 aromatic carbocycles. The van der Waals surface area contributed by atoms with Gasteiger partial charge >= 0.3 is 11.8 Å². The molecule has 0 radical (unpaired) electrons. The molecule has 0 saturated carbocycles. The second-order valence-corrected chi connectivity index (χ2v) is 8.67. The molecule has 0 aliphatic heterocycles. The number of aromatic nitrogens is 1. The van der Waals surface area contributed by atoms with Crippen LogP contribution in [0.1, 0.15) is 24.2 Å². The van der Waals surface area contributed by atoms with E-state index in [0.29, 0.717) is 22.8 Å². The summed E-state index contributed by atoms with van der Waals surface area (Å²) >= 11 is 12.1. The highest BCUT2D eigenvalue weighted by Crippen LogP contribution is 2.32. The molecule has 0 atom stereocenters. The summed E-state index contributed by atoms with van der Waals surface area (Å²) in [6.07, 6.45) is 2.83. The lowest BCUT2D eigenvalue weighted by Crippen LogP contribution is -2.54. The Labute approximate surface area is 205 Å². The number of methoxy groups -OCH3 is 1. The van der Waals surface area contributed by atoms with Crippen molar-refractivity contribution < 1.29 is 23.5 Å². The molecule has 0 spiro atoms. The fraction of sp³-hybridized carbons (Fsp3) is 0.217. The Hall–Kier alpha value is -3.56. The maximum absolute atomic E-state index is 12.5. The number of nitrogens with zero attached hydrogens (tertiary/aromatic N) is 1. The standard InChI is InChI=1S/C23H22Cl2N4O5/c1-23(2,11-27-20(30)19-15(24)5-4-6-16(19)25)29-22(32)21(31)28-13-7-8-14(17(9-13)33-3)18-10-26-12-34-18/h4-10,12H,11H2,1-3H3,(H,27,30)(H,28,31)(H,29,32). The van der Waals surface area contributed by atoms with E-state index in [9.17, 15) is 14.4 Å². The molecule has 0 aliphatic carbocycles. The summed E-state index contributed by atoms with van der Waals surface area (Å²) in [4.78, 5) is 41.2. The molecule has 0 bridgehead atoms. The molecule has 1 aromatic heterocycles. The molecule has 3 rings (SSSR count). The Kier molecular flexibility index (Phi) is 7.80. The van der Waals surface area contributed by atoms with E-state index >= 15 is 0 Å². The summed E-state index contributed by atoms with van der Waals surface area (Å²) < 4.78 is 10.6. The summed E-state index contributed by atoms with van der Waals surface area (Å²) in [5.74, 6) is -1.34. The predicted octanol–water partition coefficient (Wildman–Crippen LogP) is 3.92. The molecule has 34 heavy (non-hydrogen) atoms. The zero-order valence-corrected chi connectivity index (χ0v) is 20.1. The summed E-state index contributed by atoms with van der Waals surface area (Å²) in [7, 11) is 1.47. The Morgan fingerprint density at radius 2 is 1.79 bits per heavy atom. The van der Waals surface area contributed by atoms with Gasteiger partial charge < -0.3 is 25.1 Å². The van der Waals surface area contributed by atoms with Crippen LogP contribution in [-0.4, -0.2) is 41.9 Å². The fourth-order valence-electron chi connectivity index (χ4n) is 3.02. The molecular weight excluding hydrogens is 483 g/mol. The van der Waals surface area contributed by atoms with Crippen molar-refractivity contribution >= 4 is 46.6 Å². The SMILES string of the molecule is COc1cc(NC(=O)C(=O)NC(C)(C)CNC(=O)c2c(Cl)cccc2Cl)ccc1-c1cnco1. The van der Waals surface area contributed by atoms with E-state index in [0.717, 1.165) is 0 Å². The molecule has 9 nitrogen and oxygen atoms in total. The number of oxazole rings is 1. The second-order valence-electron chi connectivity index (χ2n) is 7.85. The quantitative estimate of drug-likeness (QED) is 0.419. The lowest BCUT2D eigenvalue weighted by Gasteiger charge is -2.26. The van der Waals surface area contributed by atoms with Crippen molar-refractivity contribution in [2.45, 2.75) is 19.4 Å². The van der Waals surface area contributed by atoms with Gasteiger partial charge in [-0.3, -0.25) is 14.4 Å². The molecule has 0 fully saturated rings. The Bertz CT molecular complexity index is 1190. The minimum Gasteiger partial charge on any atom is -0.496 e. The van der Waals surface area contributed by atoms with Crippen LogP contribution in [0, 0.1) is 0 Å². The smallest absolute Gasteiger partial charge is 0.313 e.